The van der Waals surface area contributed by atoms with Crippen LogP contribution in [0.2, 0.25) is 0 Å². The summed E-state index contributed by atoms with van der Waals surface area (Å²) in [5.41, 5.74) is 1.87. The highest BCUT2D eigenvalue weighted by Crippen LogP contribution is 2.21. The molecule has 31 heavy (non-hydrogen) atoms. The number of carbonyl (C=O) groups is 2. The lowest BCUT2D eigenvalue weighted by molar-refractivity contribution is 0.0628. The van der Waals surface area contributed by atoms with E-state index in [2.05, 4.69) is 15.6 Å². The Hall–Kier alpha value is -3.24. The maximum Gasteiger partial charge on any atom is 0.409 e. The number of pyridine rings is 1. The standard InChI is InChI=1S/C21H26FN5O4/c1-15-5-6-17(13-23-15)24-20(29)25-18-4-2-3-16(19(18)22)14-26-7-9-27(10-8-26)21(30)31-12-11-28/h2-6,13,28H,7-12,14H2,1H3,(H2,24,25,29). The van der Waals surface area contributed by atoms with Crippen molar-refractivity contribution in [3.05, 3.63) is 53.6 Å². The second-order valence-electron chi connectivity index (χ2n) is 7.15. The molecular formula is C21H26FN5O4. The molecule has 1 saturated heterocycles. The van der Waals surface area contributed by atoms with Crippen LogP contribution in [-0.4, -0.2) is 71.4 Å². The molecule has 3 amide bonds. The fourth-order valence-corrected chi connectivity index (χ4v) is 3.18. The molecule has 9 nitrogen and oxygen atoms in total. The molecule has 0 bridgehead atoms. The largest absolute Gasteiger partial charge is 0.447 e. The lowest BCUT2D eigenvalue weighted by Crippen LogP contribution is -2.48. The molecular weight excluding hydrogens is 405 g/mol. The molecule has 3 N–H and O–H groups in total. The number of aliphatic hydroxyl groups is 1. The topological polar surface area (TPSA) is 107 Å². The highest BCUT2D eigenvalue weighted by Gasteiger charge is 2.23. The number of amides is 3. The van der Waals surface area contributed by atoms with Crippen LogP contribution in [-0.2, 0) is 11.3 Å². The minimum atomic E-state index is -0.559. The molecule has 0 spiro atoms. The van der Waals surface area contributed by atoms with E-state index in [4.69, 9.17) is 9.84 Å². The molecule has 0 aliphatic carbocycles. The number of nitrogens with one attached hydrogen (secondary N) is 2. The third-order valence-corrected chi connectivity index (χ3v) is 4.84. The van der Waals surface area contributed by atoms with E-state index < -0.39 is 17.9 Å². The van der Waals surface area contributed by atoms with Crippen LogP contribution in [0, 0.1) is 12.7 Å². The lowest BCUT2D eigenvalue weighted by Gasteiger charge is -2.34. The predicted octanol–water partition coefficient (Wildman–Crippen LogP) is 2.42. The monoisotopic (exact) mass is 431 g/mol. The Morgan fingerprint density at radius 3 is 2.61 bits per heavy atom. The van der Waals surface area contributed by atoms with Gasteiger partial charge in [0.1, 0.15) is 6.61 Å². The highest BCUT2D eigenvalue weighted by atomic mass is 19.1. The molecule has 1 aromatic carbocycles. The van der Waals surface area contributed by atoms with E-state index >= 15 is 0 Å². The van der Waals surface area contributed by atoms with Gasteiger partial charge in [0.25, 0.3) is 0 Å². The number of ether oxygens (including phenoxy) is 1. The van der Waals surface area contributed by atoms with Crippen molar-refractivity contribution in [1.29, 1.82) is 0 Å². The lowest BCUT2D eigenvalue weighted by atomic mass is 10.1. The van der Waals surface area contributed by atoms with Crippen LogP contribution in [0.25, 0.3) is 0 Å². The zero-order valence-electron chi connectivity index (χ0n) is 17.3. The number of aliphatic hydroxyl groups excluding tert-OH is 1. The molecule has 0 unspecified atom stereocenters. The highest BCUT2D eigenvalue weighted by molar-refractivity contribution is 5.99. The van der Waals surface area contributed by atoms with Crippen LogP contribution in [0.4, 0.5) is 25.4 Å². The van der Waals surface area contributed by atoms with Gasteiger partial charge in [0.05, 0.1) is 24.2 Å². The Bertz CT molecular complexity index is 901. The van der Waals surface area contributed by atoms with Crippen molar-refractivity contribution in [2.45, 2.75) is 13.5 Å². The van der Waals surface area contributed by atoms with Crippen molar-refractivity contribution in [2.75, 3.05) is 50.0 Å². The van der Waals surface area contributed by atoms with Crippen LogP contribution < -0.4 is 10.6 Å². The van der Waals surface area contributed by atoms with Gasteiger partial charge in [0, 0.05) is 44.0 Å². The molecule has 3 rings (SSSR count). The number of aryl methyl sites for hydroxylation is 1. The van der Waals surface area contributed by atoms with Crippen molar-refractivity contribution in [1.82, 2.24) is 14.8 Å². The van der Waals surface area contributed by atoms with E-state index in [1.807, 2.05) is 11.8 Å². The van der Waals surface area contributed by atoms with Crippen LogP contribution in [0.3, 0.4) is 0 Å². The van der Waals surface area contributed by atoms with Gasteiger partial charge >= 0.3 is 12.1 Å². The Morgan fingerprint density at radius 2 is 1.94 bits per heavy atom. The molecule has 10 heteroatoms. The number of nitrogens with zero attached hydrogens (tertiary/aromatic N) is 3. The van der Waals surface area contributed by atoms with Gasteiger partial charge in [-0.2, -0.15) is 0 Å². The van der Waals surface area contributed by atoms with E-state index in [1.165, 1.54) is 12.3 Å². The van der Waals surface area contributed by atoms with Gasteiger partial charge in [0.2, 0.25) is 0 Å². The van der Waals surface area contributed by atoms with Gasteiger partial charge in [-0.05, 0) is 25.1 Å². The van der Waals surface area contributed by atoms with Crippen molar-refractivity contribution in [3.8, 4) is 0 Å². The number of piperazine rings is 1. The van der Waals surface area contributed by atoms with E-state index in [1.54, 1.807) is 29.2 Å². The van der Waals surface area contributed by atoms with Crippen molar-refractivity contribution in [2.24, 2.45) is 0 Å². The quantitative estimate of drug-likeness (QED) is 0.649. The molecule has 1 aliphatic rings. The SMILES string of the molecule is Cc1ccc(NC(=O)Nc2cccc(CN3CCN(C(=O)OCCO)CC3)c2F)cn1. The minimum absolute atomic E-state index is 0.0297. The number of aromatic nitrogens is 1. The molecule has 166 valence electrons. The average Bonchev–Trinajstić information content (AvgIpc) is 2.77. The summed E-state index contributed by atoms with van der Waals surface area (Å²) < 4.78 is 19.8. The molecule has 0 saturated carbocycles. The number of hydrogen-bond acceptors (Lipinski definition) is 6. The van der Waals surface area contributed by atoms with Crippen LogP contribution in [0.5, 0.6) is 0 Å². The first-order chi connectivity index (χ1) is 15.0. The summed E-state index contributed by atoms with van der Waals surface area (Å²) in [7, 11) is 0. The number of benzene rings is 1. The second-order valence-corrected chi connectivity index (χ2v) is 7.15. The number of rotatable bonds is 6. The van der Waals surface area contributed by atoms with Gasteiger partial charge in [-0.1, -0.05) is 12.1 Å². The fraction of sp³-hybridized carbons (Fsp3) is 0.381. The normalized spacial score (nSPS) is 14.2. The first-order valence-corrected chi connectivity index (χ1v) is 9.99. The van der Waals surface area contributed by atoms with Gasteiger partial charge in [-0.3, -0.25) is 9.88 Å². The second kappa shape index (κ2) is 10.7. The van der Waals surface area contributed by atoms with Crippen LogP contribution >= 0.6 is 0 Å². The number of halogens is 1. The van der Waals surface area contributed by atoms with E-state index in [9.17, 15) is 14.0 Å². The summed E-state index contributed by atoms with van der Waals surface area (Å²) in [5.74, 6) is -0.496. The zero-order chi connectivity index (χ0) is 22.2. The molecule has 2 heterocycles. The van der Waals surface area contributed by atoms with Crippen molar-refractivity contribution in [3.63, 3.8) is 0 Å². The van der Waals surface area contributed by atoms with E-state index in [0.717, 1.165) is 5.69 Å². The maximum absolute atomic E-state index is 14.9. The molecule has 1 fully saturated rings. The minimum Gasteiger partial charge on any atom is -0.447 e. The Morgan fingerprint density at radius 1 is 1.16 bits per heavy atom. The average molecular weight is 431 g/mol. The summed E-state index contributed by atoms with van der Waals surface area (Å²) in [6, 6.07) is 7.78. The van der Waals surface area contributed by atoms with Crippen molar-refractivity contribution < 1.29 is 23.8 Å². The zero-order valence-corrected chi connectivity index (χ0v) is 17.3. The summed E-state index contributed by atoms with van der Waals surface area (Å²) in [4.78, 5) is 31.7. The van der Waals surface area contributed by atoms with Crippen molar-refractivity contribution >= 4 is 23.5 Å². The Balaban J connectivity index is 1.54. The molecule has 0 atom stereocenters. The van der Waals surface area contributed by atoms with Crippen LogP contribution in [0.15, 0.2) is 36.5 Å². The van der Waals surface area contributed by atoms with E-state index in [-0.39, 0.29) is 18.9 Å². The summed E-state index contributed by atoms with van der Waals surface area (Å²) in [6.07, 6.45) is 1.07. The number of hydrogen-bond donors (Lipinski definition) is 3. The summed E-state index contributed by atoms with van der Waals surface area (Å²) in [5, 5.41) is 13.9. The molecule has 2 aromatic rings. The Labute approximate surface area is 179 Å². The number of anilines is 2. The summed E-state index contributed by atoms with van der Waals surface area (Å²) in [6.45, 7) is 3.98. The number of urea groups is 1. The maximum atomic E-state index is 14.9. The third-order valence-electron chi connectivity index (χ3n) is 4.84. The predicted molar refractivity (Wildman–Crippen MR) is 113 cm³/mol. The fourth-order valence-electron chi connectivity index (χ4n) is 3.18. The van der Waals surface area contributed by atoms with Gasteiger partial charge in [0.15, 0.2) is 5.82 Å². The van der Waals surface area contributed by atoms with E-state index in [0.29, 0.717) is 44.0 Å². The molecule has 0 radical (unpaired) electrons. The van der Waals surface area contributed by atoms with Gasteiger partial charge < -0.3 is 25.4 Å². The van der Waals surface area contributed by atoms with Gasteiger partial charge in [-0.25, -0.2) is 14.0 Å². The number of carbonyl (C=O) groups excluding carboxylic acids is 2. The smallest absolute Gasteiger partial charge is 0.409 e. The summed E-state index contributed by atoms with van der Waals surface area (Å²) >= 11 is 0. The Kier molecular flexibility index (Phi) is 7.74. The first-order valence-electron chi connectivity index (χ1n) is 9.99. The first kappa shape index (κ1) is 22.4. The molecule has 1 aromatic heterocycles. The van der Waals surface area contributed by atoms with Crippen LogP contribution in [0.1, 0.15) is 11.3 Å². The molecule has 1 aliphatic heterocycles. The third kappa shape index (κ3) is 6.37. The van der Waals surface area contributed by atoms with Gasteiger partial charge in [-0.15, -0.1) is 0 Å².